The second kappa shape index (κ2) is 7.90. The minimum Gasteiger partial charge on any atom is -0.497 e. The molecule has 0 saturated heterocycles. The maximum absolute atomic E-state index is 12.2. The third-order valence-electron chi connectivity index (χ3n) is 3.29. The topological polar surface area (TPSA) is 83.1 Å². The number of rotatable bonds is 6. The molecule has 0 atom stereocenters. The minimum absolute atomic E-state index is 0.0679. The Morgan fingerprint density at radius 1 is 1.04 bits per heavy atom. The maximum atomic E-state index is 12.2. The van der Waals surface area contributed by atoms with Gasteiger partial charge in [-0.25, -0.2) is 4.79 Å². The van der Waals surface area contributed by atoms with Crippen LogP contribution in [0.2, 0.25) is 5.02 Å². The van der Waals surface area contributed by atoms with Gasteiger partial charge in [-0.15, -0.1) is 0 Å². The first-order valence-corrected chi connectivity index (χ1v) is 7.83. The van der Waals surface area contributed by atoms with Crippen LogP contribution in [-0.2, 0) is 9.63 Å². The van der Waals surface area contributed by atoms with E-state index in [-0.39, 0.29) is 5.84 Å². The van der Waals surface area contributed by atoms with E-state index >= 15 is 0 Å². The van der Waals surface area contributed by atoms with Crippen molar-refractivity contribution in [1.29, 1.82) is 0 Å². The number of halogens is 1. The molecule has 0 aliphatic rings. The Morgan fingerprint density at radius 2 is 1.60 bits per heavy atom. The first-order chi connectivity index (χ1) is 11.8. The number of hydrogen-bond donors (Lipinski definition) is 1. The molecule has 0 aromatic heterocycles. The van der Waals surface area contributed by atoms with Crippen LogP contribution in [0.15, 0.2) is 53.7 Å². The van der Waals surface area contributed by atoms with Crippen molar-refractivity contribution in [2.45, 2.75) is 19.4 Å². The summed E-state index contributed by atoms with van der Waals surface area (Å²) in [7, 11) is 1.57. The van der Waals surface area contributed by atoms with Crippen molar-refractivity contribution >= 4 is 23.4 Å². The number of nitrogens with two attached hydrogens (primary N) is 1. The van der Waals surface area contributed by atoms with Crippen LogP contribution in [0.5, 0.6) is 11.5 Å². The van der Waals surface area contributed by atoms with E-state index in [1.165, 1.54) is 0 Å². The molecule has 2 N–H and O–H groups in total. The van der Waals surface area contributed by atoms with E-state index in [1.54, 1.807) is 69.5 Å². The van der Waals surface area contributed by atoms with Gasteiger partial charge in [0.15, 0.2) is 5.84 Å². The van der Waals surface area contributed by atoms with Crippen molar-refractivity contribution in [2.24, 2.45) is 10.9 Å². The molecule has 2 rings (SSSR count). The molecule has 0 heterocycles. The summed E-state index contributed by atoms with van der Waals surface area (Å²) >= 11 is 5.82. The molecule has 0 aliphatic carbocycles. The van der Waals surface area contributed by atoms with Crippen LogP contribution >= 0.6 is 11.6 Å². The van der Waals surface area contributed by atoms with E-state index in [4.69, 9.17) is 31.6 Å². The molecule has 0 bridgehead atoms. The summed E-state index contributed by atoms with van der Waals surface area (Å²) in [5.41, 5.74) is 5.17. The molecular formula is C18H19ClN2O4. The lowest BCUT2D eigenvalue weighted by Crippen LogP contribution is -2.39. The molecule has 2 aromatic rings. The summed E-state index contributed by atoms with van der Waals surface area (Å²) in [6, 6.07) is 13.5. The molecule has 0 aliphatic heterocycles. The van der Waals surface area contributed by atoms with Crippen LogP contribution in [0.25, 0.3) is 0 Å². The molecule has 0 amide bonds. The number of oxime groups is 1. The van der Waals surface area contributed by atoms with Gasteiger partial charge in [0.2, 0.25) is 5.60 Å². The van der Waals surface area contributed by atoms with Crippen molar-refractivity contribution in [3.63, 3.8) is 0 Å². The highest BCUT2D eigenvalue weighted by Gasteiger charge is 2.32. The number of carbonyl (C=O) groups is 1. The normalized spacial score (nSPS) is 11.8. The van der Waals surface area contributed by atoms with Gasteiger partial charge in [-0.2, -0.15) is 0 Å². The molecule has 0 radical (unpaired) electrons. The summed E-state index contributed by atoms with van der Waals surface area (Å²) in [4.78, 5) is 17.1. The minimum atomic E-state index is -1.25. The van der Waals surface area contributed by atoms with Crippen LogP contribution in [0.3, 0.4) is 0 Å². The number of hydrogen-bond acceptors (Lipinski definition) is 5. The van der Waals surface area contributed by atoms with Crippen molar-refractivity contribution < 1.29 is 19.1 Å². The Hall–Kier alpha value is -2.73. The van der Waals surface area contributed by atoms with E-state index in [0.29, 0.717) is 22.1 Å². The third kappa shape index (κ3) is 5.12. The molecule has 0 unspecified atom stereocenters. The average Bonchev–Trinajstić information content (AvgIpc) is 2.61. The van der Waals surface area contributed by atoms with Gasteiger partial charge < -0.3 is 20.0 Å². The third-order valence-corrected chi connectivity index (χ3v) is 3.54. The van der Waals surface area contributed by atoms with Gasteiger partial charge in [0.25, 0.3) is 0 Å². The van der Waals surface area contributed by atoms with Crippen molar-refractivity contribution in [3.8, 4) is 11.5 Å². The number of amidine groups is 1. The van der Waals surface area contributed by atoms with E-state index in [9.17, 15) is 4.79 Å². The Bertz CT molecular complexity index is 756. The van der Waals surface area contributed by atoms with Crippen molar-refractivity contribution in [1.82, 2.24) is 0 Å². The Kier molecular flexibility index (Phi) is 5.88. The highest BCUT2D eigenvalue weighted by atomic mass is 35.5. The lowest BCUT2D eigenvalue weighted by Gasteiger charge is -2.22. The summed E-state index contributed by atoms with van der Waals surface area (Å²) in [6.07, 6.45) is 0. The summed E-state index contributed by atoms with van der Waals surface area (Å²) in [5.74, 6) is 0.557. The van der Waals surface area contributed by atoms with Gasteiger partial charge in [-0.05, 0) is 62.4 Å². The number of ether oxygens (including phenoxy) is 2. The van der Waals surface area contributed by atoms with E-state index in [0.717, 1.165) is 0 Å². The van der Waals surface area contributed by atoms with Crippen LogP contribution in [0.4, 0.5) is 0 Å². The fourth-order valence-electron chi connectivity index (χ4n) is 1.85. The fraction of sp³-hybridized carbons (Fsp3) is 0.222. The van der Waals surface area contributed by atoms with Gasteiger partial charge in [0.1, 0.15) is 11.5 Å². The number of carbonyl (C=O) groups excluding carboxylic acids is 1. The van der Waals surface area contributed by atoms with Crippen LogP contribution in [-0.4, -0.2) is 24.5 Å². The first-order valence-electron chi connectivity index (χ1n) is 7.46. The Morgan fingerprint density at radius 3 is 2.16 bits per heavy atom. The van der Waals surface area contributed by atoms with E-state index in [1.807, 2.05) is 0 Å². The molecule has 6 nitrogen and oxygen atoms in total. The van der Waals surface area contributed by atoms with Crippen molar-refractivity contribution in [2.75, 3.05) is 7.11 Å². The fourth-order valence-corrected chi connectivity index (χ4v) is 1.98. The highest BCUT2D eigenvalue weighted by Crippen LogP contribution is 2.22. The average molecular weight is 363 g/mol. The summed E-state index contributed by atoms with van der Waals surface area (Å²) in [5, 5.41) is 4.25. The van der Waals surface area contributed by atoms with E-state index in [2.05, 4.69) is 5.16 Å². The lowest BCUT2D eigenvalue weighted by atomic mass is 10.1. The SMILES string of the molecule is COc1ccc(/C(N)=N/OC(=O)C(C)(C)Oc2ccc(Cl)cc2)cc1. The van der Waals surface area contributed by atoms with Gasteiger partial charge in [0, 0.05) is 10.6 Å². The highest BCUT2D eigenvalue weighted by molar-refractivity contribution is 6.30. The molecule has 132 valence electrons. The van der Waals surface area contributed by atoms with E-state index < -0.39 is 11.6 Å². The number of nitrogens with zero attached hydrogens (tertiary/aromatic N) is 1. The predicted molar refractivity (Wildman–Crippen MR) is 96.0 cm³/mol. The monoisotopic (exact) mass is 362 g/mol. The maximum Gasteiger partial charge on any atom is 0.377 e. The second-order valence-electron chi connectivity index (χ2n) is 5.65. The molecule has 2 aromatic carbocycles. The zero-order chi connectivity index (χ0) is 18.4. The van der Waals surface area contributed by atoms with Gasteiger partial charge >= 0.3 is 5.97 Å². The molecular weight excluding hydrogens is 344 g/mol. The molecule has 25 heavy (non-hydrogen) atoms. The zero-order valence-electron chi connectivity index (χ0n) is 14.2. The molecule has 7 heteroatoms. The predicted octanol–water partition coefficient (Wildman–Crippen LogP) is 3.37. The van der Waals surface area contributed by atoms with Crippen molar-refractivity contribution in [3.05, 3.63) is 59.1 Å². The summed E-state index contributed by atoms with van der Waals surface area (Å²) < 4.78 is 10.7. The molecule has 0 spiro atoms. The second-order valence-corrected chi connectivity index (χ2v) is 6.09. The standard InChI is InChI=1S/C18H19ClN2O4/c1-18(2,24-15-10-6-13(19)7-11-15)17(22)25-21-16(20)12-4-8-14(23-3)9-5-12/h4-11H,1-3H3,(H2,20,21). The van der Waals surface area contributed by atoms with Crippen LogP contribution in [0, 0.1) is 0 Å². The first kappa shape index (κ1) is 18.6. The quantitative estimate of drug-likeness (QED) is 0.368. The Labute approximate surface area is 151 Å². The number of methoxy groups -OCH3 is 1. The smallest absolute Gasteiger partial charge is 0.377 e. The zero-order valence-corrected chi connectivity index (χ0v) is 14.9. The van der Waals surface area contributed by atoms with Gasteiger partial charge in [-0.3, -0.25) is 0 Å². The largest absolute Gasteiger partial charge is 0.497 e. The molecule has 0 fully saturated rings. The van der Waals surface area contributed by atoms with Gasteiger partial charge in [-0.1, -0.05) is 16.8 Å². The van der Waals surface area contributed by atoms with Crippen LogP contribution in [0.1, 0.15) is 19.4 Å². The summed E-state index contributed by atoms with van der Waals surface area (Å²) in [6.45, 7) is 3.14. The molecule has 0 saturated carbocycles. The van der Waals surface area contributed by atoms with Gasteiger partial charge in [0.05, 0.1) is 7.11 Å². The Balaban J connectivity index is 2.02. The lowest BCUT2D eigenvalue weighted by molar-refractivity contribution is -0.159. The van der Waals surface area contributed by atoms with Crippen LogP contribution < -0.4 is 15.2 Å². The number of benzene rings is 2.